The van der Waals surface area contributed by atoms with Gasteiger partial charge in [-0.1, -0.05) is 152 Å². The molecule has 0 aliphatic carbocycles. The third-order valence-corrected chi connectivity index (χ3v) is 7.89. The summed E-state index contributed by atoms with van der Waals surface area (Å²) in [4.78, 5) is 2.34. The third kappa shape index (κ3) is 5.75. The van der Waals surface area contributed by atoms with Gasteiger partial charge in [-0.2, -0.15) is 0 Å². The first-order valence-electron chi connectivity index (χ1n) is 14.7. The fraction of sp³-hybridized carbons (Fsp3) is 0. The molecule has 7 aromatic carbocycles. The van der Waals surface area contributed by atoms with Gasteiger partial charge >= 0.3 is 0 Å². The van der Waals surface area contributed by atoms with Gasteiger partial charge < -0.3 is 4.90 Å². The number of hydrogen-bond acceptors (Lipinski definition) is 1. The maximum absolute atomic E-state index is 2.34. The Balaban J connectivity index is 1.26. The van der Waals surface area contributed by atoms with E-state index in [9.17, 15) is 0 Å². The molecule has 0 saturated carbocycles. The number of hydrogen-bond donors (Lipinski definition) is 0. The minimum atomic E-state index is 1.11. The molecular formula is C42H31N. The molecule has 204 valence electrons. The lowest BCUT2D eigenvalue weighted by molar-refractivity contribution is 1.28. The first kappa shape index (κ1) is 26.3. The molecule has 0 atom stereocenters. The summed E-state index contributed by atoms with van der Waals surface area (Å²) in [5.74, 6) is 0. The van der Waals surface area contributed by atoms with Crippen LogP contribution in [0.3, 0.4) is 0 Å². The Labute approximate surface area is 254 Å². The Hall–Kier alpha value is -5.66. The molecule has 43 heavy (non-hydrogen) atoms. The molecule has 7 aromatic rings. The van der Waals surface area contributed by atoms with Gasteiger partial charge in [-0.25, -0.2) is 0 Å². The highest BCUT2D eigenvalue weighted by atomic mass is 15.1. The van der Waals surface area contributed by atoms with Gasteiger partial charge in [0.05, 0.1) is 0 Å². The number of anilines is 3. The maximum atomic E-state index is 2.34. The quantitative estimate of drug-likeness (QED) is 0.191. The Morgan fingerprint density at radius 3 is 0.907 bits per heavy atom. The second kappa shape index (κ2) is 12.1. The van der Waals surface area contributed by atoms with Crippen LogP contribution in [0.1, 0.15) is 0 Å². The SMILES string of the molecule is c1ccc(-c2ccc(-c3cccc(N(c4ccc(-c5ccccc5)cc4)c4ccc(-c5ccccc5)cc4)c3)cc2)cc1. The summed E-state index contributed by atoms with van der Waals surface area (Å²) in [6.45, 7) is 0. The zero-order valence-corrected chi connectivity index (χ0v) is 23.8. The zero-order valence-electron chi connectivity index (χ0n) is 23.8. The fourth-order valence-corrected chi connectivity index (χ4v) is 5.62. The average molecular weight is 550 g/mol. The van der Waals surface area contributed by atoms with Crippen LogP contribution >= 0.6 is 0 Å². The van der Waals surface area contributed by atoms with Gasteiger partial charge in [0.2, 0.25) is 0 Å². The van der Waals surface area contributed by atoms with Crippen molar-refractivity contribution in [1.29, 1.82) is 0 Å². The zero-order chi connectivity index (χ0) is 28.8. The molecule has 0 aromatic heterocycles. The van der Waals surface area contributed by atoms with Crippen molar-refractivity contribution >= 4 is 17.1 Å². The molecule has 0 unspecified atom stereocenters. The van der Waals surface area contributed by atoms with Crippen LogP contribution in [0, 0.1) is 0 Å². The molecule has 0 fully saturated rings. The van der Waals surface area contributed by atoms with E-state index in [0.717, 1.165) is 17.1 Å². The minimum absolute atomic E-state index is 1.11. The number of benzene rings is 7. The largest absolute Gasteiger partial charge is 0.310 e. The van der Waals surface area contributed by atoms with Crippen LogP contribution in [0.2, 0.25) is 0 Å². The lowest BCUT2D eigenvalue weighted by atomic mass is 9.99. The van der Waals surface area contributed by atoms with E-state index in [0.29, 0.717) is 0 Å². The van der Waals surface area contributed by atoms with Gasteiger partial charge in [-0.3, -0.25) is 0 Å². The highest BCUT2D eigenvalue weighted by Crippen LogP contribution is 2.38. The smallest absolute Gasteiger partial charge is 0.0467 e. The van der Waals surface area contributed by atoms with Crippen LogP contribution in [0.25, 0.3) is 44.5 Å². The van der Waals surface area contributed by atoms with Gasteiger partial charge in [0.1, 0.15) is 0 Å². The van der Waals surface area contributed by atoms with E-state index in [-0.39, 0.29) is 0 Å². The predicted octanol–water partition coefficient (Wildman–Crippen LogP) is 11.8. The van der Waals surface area contributed by atoms with E-state index < -0.39 is 0 Å². The van der Waals surface area contributed by atoms with Crippen LogP contribution in [0.5, 0.6) is 0 Å². The standard InChI is InChI=1S/C42H31N/c1-4-11-32(12-5-1)35-19-21-38(22-20-35)39-17-10-18-42(31-39)43(40-27-23-36(24-28-40)33-13-6-2-7-14-33)41-29-25-37(26-30-41)34-15-8-3-9-16-34/h1-31H. The molecule has 0 radical (unpaired) electrons. The third-order valence-electron chi connectivity index (χ3n) is 7.89. The Bertz CT molecular complexity index is 1830. The molecule has 0 N–H and O–H groups in total. The summed E-state index contributed by atoms with van der Waals surface area (Å²) in [6.07, 6.45) is 0. The predicted molar refractivity (Wildman–Crippen MR) is 183 cm³/mol. The van der Waals surface area contributed by atoms with Crippen molar-refractivity contribution in [3.63, 3.8) is 0 Å². The lowest BCUT2D eigenvalue weighted by Crippen LogP contribution is -2.10. The summed E-state index contributed by atoms with van der Waals surface area (Å²) in [5.41, 5.74) is 13.0. The molecule has 0 aliphatic rings. The Kier molecular flexibility index (Phi) is 7.36. The van der Waals surface area contributed by atoms with Crippen molar-refractivity contribution in [2.45, 2.75) is 0 Å². The highest BCUT2D eigenvalue weighted by molar-refractivity contribution is 5.82. The van der Waals surface area contributed by atoms with Crippen molar-refractivity contribution in [3.8, 4) is 44.5 Å². The van der Waals surface area contributed by atoms with Crippen molar-refractivity contribution in [2.24, 2.45) is 0 Å². The minimum Gasteiger partial charge on any atom is -0.310 e. The number of nitrogens with zero attached hydrogens (tertiary/aromatic N) is 1. The van der Waals surface area contributed by atoms with Crippen LogP contribution in [0.15, 0.2) is 188 Å². The summed E-state index contributed by atoms with van der Waals surface area (Å²) < 4.78 is 0. The van der Waals surface area contributed by atoms with Gasteiger partial charge in [-0.05, 0) is 80.9 Å². The van der Waals surface area contributed by atoms with Gasteiger partial charge in [0, 0.05) is 17.1 Å². The van der Waals surface area contributed by atoms with Crippen LogP contribution in [-0.2, 0) is 0 Å². The normalized spacial score (nSPS) is 10.8. The van der Waals surface area contributed by atoms with E-state index in [4.69, 9.17) is 0 Å². The van der Waals surface area contributed by atoms with E-state index >= 15 is 0 Å². The average Bonchev–Trinajstić information content (AvgIpc) is 3.10. The van der Waals surface area contributed by atoms with Crippen molar-refractivity contribution in [2.75, 3.05) is 4.90 Å². The van der Waals surface area contributed by atoms with Crippen molar-refractivity contribution in [1.82, 2.24) is 0 Å². The maximum Gasteiger partial charge on any atom is 0.0467 e. The number of rotatable bonds is 7. The lowest BCUT2D eigenvalue weighted by Gasteiger charge is -2.26. The van der Waals surface area contributed by atoms with Gasteiger partial charge in [-0.15, -0.1) is 0 Å². The molecule has 0 aliphatic heterocycles. The summed E-state index contributed by atoms with van der Waals surface area (Å²) in [5, 5.41) is 0. The van der Waals surface area contributed by atoms with Crippen molar-refractivity contribution < 1.29 is 0 Å². The molecule has 0 saturated heterocycles. The van der Waals surface area contributed by atoms with Gasteiger partial charge in [0.25, 0.3) is 0 Å². The van der Waals surface area contributed by atoms with Crippen LogP contribution < -0.4 is 4.90 Å². The Morgan fingerprint density at radius 1 is 0.209 bits per heavy atom. The van der Waals surface area contributed by atoms with Crippen LogP contribution in [0.4, 0.5) is 17.1 Å². The molecule has 0 heterocycles. The first-order valence-corrected chi connectivity index (χ1v) is 14.7. The fourth-order valence-electron chi connectivity index (χ4n) is 5.62. The Morgan fingerprint density at radius 2 is 0.512 bits per heavy atom. The molecule has 0 bridgehead atoms. The molecule has 1 nitrogen and oxygen atoms in total. The summed E-state index contributed by atoms with van der Waals surface area (Å²) in [6, 6.07) is 67.0. The molecule has 7 rings (SSSR count). The second-order valence-corrected chi connectivity index (χ2v) is 10.7. The van der Waals surface area contributed by atoms with E-state index in [2.05, 4.69) is 193 Å². The van der Waals surface area contributed by atoms with Crippen LogP contribution in [-0.4, -0.2) is 0 Å². The van der Waals surface area contributed by atoms with Crippen molar-refractivity contribution in [3.05, 3.63) is 188 Å². The monoisotopic (exact) mass is 549 g/mol. The second-order valence-electron chi connectivity index (χ2n) is 10.7. The van der Waals surface area contributed by atoms with E-state index in [1.807, 2.05) is 0 Å². The highest BCUT2D eigenvalue weighted by Gasteiger charge is 2.14. The molecule has 0 spiro atoms. The van der Waals surface area contributed by atoms with E-state index in [1.54, 1.807) is 0 Å². The first-order chi connectivity index (χ1) is 21.3. The molecular weight excluding hydrogens is 518 g/mol. The topological polar surface area (TPSA) is 3.24 Å². The molecule has 0 amide bonds. The summed E-state index contributed by atoms with van der Waals surface area (Å²) >= 11 is 0. The van der Waals surface area contributed by atoms with Gasteiger partial charge in [0.15, 0.2) is 0 Å². The summed E-state index contributed by atoms with van der Waals surface area (Å²) in [7, 11) is 0. The molecule has 1 heteroatoms. The van der Waals surface area contributed by atoms with E-state index in [1.165, 1.54) is 44.5 Å².